The van der Waals surface area contributed by atoms with Gasteiger partial charge in [0.15, 0.2) is 6.29 Å². The molecule has 0 spiro atoms. The second-order valence-corrected chi connectivity index (χ2v) is 8.36. The van der Waals surface area contributed by atoms with E-state index in [9.17, 15) is 19.8 Å². The van der Waals surface area contributed by atoms with Crippen LogP contribution in [0.4, 0.5) is 11.6 Å². The molecule has 1 heterocycles. The lowest BCUT2D eigenvalue weighted by molar-refractivity contribution is -0.0481. The monoisotopic (exact) mass is 468 g/mol. The van der Waals surface area contributed by atoms with E-state index in [0.717, 1.165) is 34.3 Å². The van der Waals surface area contributed by atoms with Crippen LogP contribution in [0.5, 0.6) is 5.75 Å². The summed E-state index contributed by atoms with van der Waals surface area (Å²) in [5.41, 5.74) is 1.24. The summed E-state index contributed by atoms with van der Waals surface area (Å²) >= 11 is 0. The average molecular weight is 469 g/mol. The number of hydrogen-bond acceptors (Lipinski definition) is 7. The number of rotatable bonds is 11. The van der Waals surface area contributed by atoms with E-state index in [-0.39, 0.29) is 31.6 Å². The zero-order valence-corrected chi connectivity index (χ0v) is 19.8. The van der Waals surface area contributed by atoms with Crippen LogP contribution in [0.1, 0.15) is 44.2 Å². The summed E-state index contributed by atoms with van der Waals surface area (Å²) < 4.78 is 8.15. The first-order chi connectivity index (χ1) is 16.3. The Balaban J connectivity index is 1.92. The summed E-state index contributed by atoms with van der Waals surface area (Å²) in [6.07, 6.45) is 0.309. The van der Waals surface area contributed by atoms with Crippen molar-refractivity contribution in [3.05, 3.63) is 80.6 Å². The summed E-state index contributed by atoms with van der Waals surface area (Å²) in [4.78, 5) is 29.8. The van der Waals surface area contributed by atoms with Gasteiger partial charge >= 0.3 is 11.4 Å². The molecule has 182 valence electrons. The molecule has 34 heavy (non-hydrogen) atoms. The Hall–Kier alpha value is -3.43. The Morgan fingerprint density at radius 1 is 1.00 bits per heavy atom. The minimum absolute atomic E-state index is 0.101. The van der Waals surface area contributed by atoms with Gasteiger partial charge in [-0.2, -0.15) is 4.98 Å². The van der Waals surface area contributed by atoms with Gasteiger partial charge in [0.2, 0.25) is 5.95 Å². The predicted molar refractivity (Wildman–Crippen MR) is 131 cm³/mol. The first kappa shape index (κ1) is 25.2. The first-order valence-electron chi connectivity index (χ1n) is 11.4. The minimum Gasteiger partial charge on any atom is -0.491 e. The van der Waals surface area contributed by atoms with Crippen molar-refractivity contribution in [1.82, 2.24) is 14.1 Å². The number of aromatic nitrogens is 3. The quantitative estimate of drug-likeness (QED) is 0.370. The molecule has 3 N–H and O–H groups in total. The molecule has 0 aliphatic heterocycles. The maximum Gasteiger partial charge on any atom is 0.354 e. The average Bonchev–Trinajstić information content (AvgIpc) is 2.79. The molecular formula is C25H32N4O5. The largest absolute Gasteiger partial charge is 0.491 e. The van der Waals surface area contributed by atoms with Gasteiger partial charge in [0.1, 0.15) is 5.75 Å². The Labute approximate surface area is 198 Å². The Kier molecular flexibility index (Phi) is 8.61. The molecule has 1 aromatic heterocycles. The van der Waals surface area contributed by atoms with Crippen LogP contribution >= 0.6 is 0 Å². The fourth-order valence-electron chi connectivity index (χ4n) is 3.52. The van der Waals surface area contributed by atoms with Crippen LogP contribution in [0.3, 0.4) is 0 Å². The second kappa shape index (κ2) is 11.6. The van der Waals surface area contributed by atoms with Crippen molar-refractivity contribution >= 4 is 11.6 Å². The van der Waals surface area contributed by atoms with E-state index in [1.165, 1.54) is 4.57 Å². The second-order valence-electron chi connectivity index (χ2n) is 8.36. The minimum atomic E-state index is -1.63. The third kappa shape index (κ3) is 6.79. The van der Waals surface area contributed by atoms with Crippen molar-refractivity contribution in [1.29, 1.82) is 0 Å². The van der Waals surface area contributed by atoms with Crippen LogP contribution in [0, 0.1) is 6.92 Å². The molecule has 9 nitrogen and oxygen atoms in total. The highest BCUT2D eigenvalue weighted by Crippen LogP contribution is 2.20. The zero-order chi connectivity index (χ0) is 24.7. The predicted octanol–water partition coefficient (Wildman–Crippen LogP) is 2.77. The Bertz CT molecular complexity index is 1180. The summed E-state index contributed by atoms with van der Waals surface area (Å²) in [5.74, 6) is 0.832. The molecular weight excluding hydrogens is 436 g/mol. The van der Waals surface area contributed by atoms with Crippen LogP contribution in [0.15, 0.2) is 58.1 Å². The number of nitrogens with zero attached hydrogens (tertiary/aromatic N) is 3. The first-order valence-corrected chi connectivity index (χ1v) is 11.4. The Morgan fingerprint density at radius 2 is 1.68 bits per heavy atom. The van der Waals surface area contributed by atoms with Gasteiger partial charge in [0.25, 0.3) is 0 Å². The fraction of sp³-hybridized carbons (Fsp3) is 0.400. The number of benzene rings is 2. The SMILES string of the molecule is CCC[C@@H](C)Oc1ccc(Nc2nc(=O)n(CCC(O)O)c(=O)n2Cc2ccc(C)cc2)cc1. The van der Waals surface area contributed by atoms with E-state index in [0.29, 0.717) is 5.69 Å². The van der Waals surface area contributed by atoms with E-state index >= 15 is 0 Å². The summed E-state index contributed by atoms with van der Waals surface area (Å²) in [6, 6.07) is 14.9. The fourth-order valence-corrected chi connectivity index (χ4v) is 3.52. The molecule has 0 fully saturated rings. The van der Waals surface area contributed by atoms with Gasteiger partial charge in [-0.25, -0.2) is 14.2 Å². The number of aliphatic hydroxyl groups excluding tert-OH is 1. The number of aryl methyl sites for hydroxylation is 1. The summed E-state index contributed by atoms with van der Waals surface area (Å²) in [7, 11) is 0. The molecule has 0 bridgehead atoms. The maximum absolute atomic E-state index is 13.2. The molecule has 0 saturated heterocycles. The molecule has 0 aliphatic carbocycles. The number of hydrogen-bond donors (Lipinski definition) is 3. The molecule has 0 saturated carbocycles. The van der Waals surface area contributed by atoms with Crippen molar-refractivity contribution < 1.29 is 14.9 Å². The smallest absolute Gasteiger partial charge is 0.354 e. The van der Waals surface area contributed by atoms with Crippen molar-refractivity contribution in [2.45, 2.75) is 65.5 Å². The molecule has 0 unspecified atom stereocenters. The van der Waals surface area contributed by atoms with Crippen LogP contribution < -0.4 is 21.4 Å². The lowest BCUT2D eigenvalue weighted by Crippen LogP contribution is -2.43. The van der Waals surface area contributed by atoms with Gasteiger partial charge in [0, 0.05) is 18.7 Å². The molecule has 9 heteroatoms. The van der Waals surface area contributed by atoms with Crippen molar-refractivity contribution in [2.24, 2.45) is 0 Å². The number of nitrogens with one attached hydrogen (secondary N) is 1. The van der Waals surface area contributed by atoms with E-state index in [2.05, 4.69) is 17.2 Å². The van der Waals surface area contributed by atoms with E-state index in [1.54, 1.807) is 12.1 Å². The molecule has 3 rings (SSSR count). The van der Waals surface area contributed by atoms with Gasteiger partial charge < -0.3 is 20.3 Å². The van der Waals surface area contributed by atoms with Crippen LogP contribution in [-0.2, 0) is 13.1 Å². The van der Waals surface area contributed by atoms with Crippen molar-refractivity contribution in [3.8, 4) is 5.75 Å². The highest BCUT2D eigenvalue weighted by molar-refractivity contribution is 5.54. The third-order valence-electron chi connectivity index (χ3n) is 5.37. The van der Waals surface area contributed by atoms with E-state index in [4.69, 9.17) is 4.74 Å². The van der Waals surface area contributed by atoms with Crippen molar-refractivity contribution in [2.75, 3.05) is 5.32 Å². The highest BCUT2D eigenvalue weighted by Gasteiger charge is 2.15. The normalized spacial score (nSPS) is 12.1. The standard InChI is InChI=1S/C25H32N4O5/c1-4-5-18(3)34-21-12-10-20(11-13-21)26-23-27-24(32)28(15-14-22(30)31)25(33)29(23)16-19-8-6-17(2)7-9-19/h6-13,18,22,30-31H,4-5,14-16H2,1-3H3,(H,26,27,32)/t18-/m1/s1. The number of aliphatic hydroxyl groups is 2. The molecule has 1 atom stereocenters. The molecule has 2 aromatic carbocycles. The van der Waals surface area contributed by atoms with Gasteiger partial charge in [0.05, 0.1) is 12.6 Å². The lowest BCUT2D eigenvalue weighted by atomic mass is 10.1. The Morgan fingerprint density at radius 3 is 2.29 bits per heavy atom. The van der Waals surface area contributed by atoms with E-state index < -0.39 is 17.7 Å². The highest BCUT2D eigenvalue weighted by atomic mass is 16.5. The molecule has 0 radical (unpaired) electrons. The van der Waals surface area contributed by atoms with E-state index in [1.807, 2.05) is 50.2 Å². The van der Waals surface area contributed by atoms with Gasteiger partial charge in [-0.15, -0.1) is 0 Å². The van der Waals surface area contributed by atoms with Gasteiger partial charge in [-0.1, -0.05) is 43.2 Å². The number of anilines is 2. The van der Waals surface area contributed by atoms with Crippen molar-refractivity contribution in [3.63, 3.8) is 0 Å². The number of ether oxygens (including phenoxy) is 1. The van der Waals surface area contributed by atoms with Crippen LogP contribution in [-0.4, -0.2) is 36.7 Å². The van der Waals surface area contributed by atoms with Crippen LogP contribution in [0.2, 0.25) is 0 Å². The van der Waals surface area contributed by atoms with Crippen LogP contribution in [0.25, 0.3) is 0 Å². The summed E-state index contributed by atoms with van der Waals surface area (Å²) in [5, 5.41) is 21.4. The topological polar surface area (TPSA) is 119 Å². The zero-order valence-electron chi connectivity index (χ0n) is 19.8. The molecule has 3 aromatic rings. The molecule has 0 amide bonds. The maximum atomic E-state index is 13.2. The van der Waals surface area contributed by atoms with Gasteiger partial charge in [-0.3, -0.25) is 4.57 Å². The lowest BCUT2D eigenvalue weighted by Gasteiger charge is -2.17. The molecule has 0 aliphatic rings. The van der Waals surface area contributed by atoms with Gasteiger partial charge in [-0.05, 0) is 50.1 Å². The third-order valence-corrected chi connectivity index (χ3v) is 5.37. The summed E-state index contributed by atoms with van der Waals surface area (Å²) in [6.45, 7) is 6.13.